The molecule has 0 atom stereocenters. The number of anilines is 1. The van der Waals surface area contributed by atoms with E-state index in [1.54, 1.807) is 0 Å². The molecule has 0 aliphatic carbocycles. The zero-order chi connectivity index (χ0) is 17.8. The highest BCUT2D eigenvalue weighted by molar-refractivity contribution is 7.16. The van der Waals surface area contributed by atoms with Gasteiger partial charge in [0.1, 0.15) is 5.01 Å². The van der Waals surface area contributed by atoms with Gasteiger partial charge in [0.15, 0.2) is 0 Å². The van der Waals surface area contributed by atoms with Gasteiger partial charge in [0, 0.05) is 29.9 Å². The number of hydrogen-bond donors (Lipinski definition) is 0. The van der Waals surface area contributed by atoms with E-state index < -0.39 is 0 Å². The molecule has 0 amide bonds. The maximum atomic E-state index is 12.2. The number of aromatic nitrogens is 3. The molecule has 3 rings (SSSR count). The minimum Gasteiger partial charge on any atom is -0.380 e. The quantitative estimate of drug-likeness (QED) is 0.591. The molecule has 0 saturated carbocycles. The van der Waals surface area contributed by atoms with Crippen LogP contribution in [0.3, 0.4) is 0 Å². The lowest BCUT2D eigenvalue weighted by Gasteiger charge is -2.24. The van der Waals surface area contributed by atoms with E-state index in [1.807, 2.05) is 38.1 Å². The number of rotatable bonds is 7. The van der Waals surface area contributed by atoms with E-state index in [1.165, 1.54) is 21.9 Å². The number of benzene rings is 1. The van der Waals surface area contributed by atoms with E-state index >= 15 is 0 Å². The third kappa shape index (κ3) is 4.36. The molecule has 0 bridgehead atoms. The molecule has 2 aromatic heterocycles. The summed E-state index contributed by atoms with van der Waals surface area (Å²) in [6.45, 7) is 6.30. The van der Waals surface area contributed by atoms with Crippen LogP contribution in [0.1, 0.15) is 17.6 Å². The summed E-state index contributed by atoms with van der Waals surface area (Å²) >= 11 is 7.39. The van der Waals surface area contributed by atoms with Crippen LogP contribution in [0.5, 0.6) is 0 Å². The largest absolute Gasteiger partial charge is 0.380 e. The van der Waals surface area contributed by atoms with Crippen LogP contribution in [0.25, 0.3) is 4.96 Å². The Morgan fingerprint density at radius 3 is 2.80 bits per heavy atom. The molecular weight excluding hydrogens is 360 g/mol. The molecule has 25 heavy (non-hydrogen) atoms. The summed E-state index contributed by atoms with van der Waals surface area (Å²) in [5, 5.41) is 5.67. The summed E-state index contributed by atoms with van der Waals surface area (Å²) in [6, 6.07) is 9.15. The summed E-state index contributed by atoms with van der Waals surface area (Å²) in [5.41, 5.74) is 1.55. The van der Waals surface area contributed by atoms with E-state index in [2.05, 4.69) is 15.0 Å². The maximum absolute atomic E-state index is 12.2. The van der Waals surface area contributed by atoms with E-state index in [4.69, 9.17) is 16.3 Å². The van der Waals surface area contributed by atoms with Crippen molar-refractivity contribution in [3.8, 4) is 0 Å². The molecule has 0 fully saturated rings. The Bertz CT molecular complexity index is 907. The number of ether oxygens (including phenoxy) is 1. The third-order valence-corrected chi connectivity index (χ3v) is 4.73. The molecule has 0 aliphatic rings. The molecule has 0 radical (unpaired) electrons. The summed E-state index contributed by atoms with van der Waals surface area (Å²) in [6.07, 6.45) is 0. The normalized spacial score (nSPS) is 11.2. The van der Waals surface area contributed by atoms with Crippen LogP contribution < -0.4 is 10.5 Å². The van der Waals surface area contributed by atoms with Crippen LogP contribution in [-0.4, -0.2) is 34.4 Å². The monoisotopic (exact) mass is 378 g/mol. The molecule has 0 spiro atoms. The van der Waals surface area contributed by atoms with Crippen molar-refractivity contribution in [1.82, 2.24) is 14.6 Å². The van der Waals surface area contributed by atoms with E-state index in [-0.39, 0.29) is 5.56 Å². The fraction of sp³-hybridized carbons (Fsp3) is 0.353. The summed E-state index contributed by atoms with van der Waals surface area (Å²) in [7, 11) is 0. The van der Waals surface area contributed by atoms with Gasteiger partial charge in [-0.05, 0) is 38.1 Å². The predicted molar refractivity (Wildman–Crippen MR) is 101 cm³/mol. The zero-order valence-corrected chi connectivity index (χ0v) is 15.7. The molecule has 6 nitrogen and oxygen atoms in total. The molecule has 0 unspecified atom stereocenters. The van der Waals surface area contributed by atoms with Gasteiger partial charge in [0.25, 0.3) is 5.56 Å². The molecule has 0 aliphatic heterocycles. The molecule has 8 heteroatoms. The Kier molecular flexibility index (Phi) is 5.67. The SMILES string of the molecule is CCOCCN(Cc1cc(=O)n2nc(C)sc2n1)c1ccc(Cl)cc1. The van der Waals surface area contributed by atoms with E-state index in [0.29, 0.717) is 42.0 Å². The first-order valence-electron chi connectivity index (χ1n) is 8.01. The Morgan fingerprint density at radius 1 is 1.32 bits per heavy atom. The molecule has 0 N–H and O–H groups in total. The van der Waals surface area contributed by atoms with Crippen LogP contribution >= 0.6 is 22.9 Å². The van der Waals surface area contributed by atoms with Gasteiger partial charge in [-0.1, -0.05) is 22.9 Å². The van der Waals surface area contributed by atoms with Crippen molar-refractivity contribution in [2.24, 2.45) is 0 Å². The highest BCUT2D eigenvalue weighted by atomic mass is 35.5. The Balaban J connectivity index is 1.88. The van der Waals surface area contributed by atoms with E-state index in [9.17, 15) is 4.79 Å². The van der Waals surface area contributed by atoms with Crippen molar-refractivity contribution >= 4 is 33.6 Å². The number of halogens is 1. The van der Waals surface area contributed by atoms with Crippen molar-refractivity contribution in [2.75, 3.05) is 24.7 Å². The summed E-state index contributed by atoms with van der Waals surface area (Å²) in [4.78, 5) is 19.6. The lowest BCUT2D eigenvalue weighted by molar-refractivity contribution is 0.153. The fourth-order valence-corrected chi connectivity index (χ4v) is 3.39. The first-order valence-corrected chi connectivity index (χ1v) is 9.21. The van der Waals surface area contributed by atoms with Gasteiger partial charge in [-0.2, -0.15) is 9.61 Å². The Hall–Kier alpha value is -1.96. The molecule has 3 aromatic rings. The fourth-order valence-electron chi connectivity index (χ4n) is 2.50. The zero-order valence-electron chi connectivity index (χ0n) is 14.1. The molecule has 2 heterocycles. The minimum absolute atomic E-state index is 0.162. The maximum Gasteiger partial charge on any atom is 0.275 e. The van der Waals surface area contributed by atoms with Gasteiger partial charge in [-0.25, -0.2) is 4.98 Å². The van der Waals surface area contributed by atoms with Gasteiger partial charge in [-0.15, -0.1) is 0 Å². The third-order valence-electron chi connectivity index (χ3n) is 3.65. The highest BCUT2D eigenvalue weighted by Gasteiger charge is 2.12. The Morgan fingerprint density at radius 2 is 2.08 bits per heavy atom. The second-order valence-electron chi connectivity index (χ2n) is 5.50. The minimum atomic E-state index is -0.162. The molecular formula is C17H19ClN4O2S. The smallest absolute Gasteiger partial charge is 0.275 e. The molecule has 1 aromatic carbocycles. The van der Waals surface area contributed by atoms with Gasteiger partial charge < -0.3 is 9.64 Å². The lowest BCUT2D eigenvalue weighted by atomic mass is 10.2. The molecule has 0 saturated heterocycles. The van der Waals surface area contributed by atoms with Crippen LogP contribution in [0.15, 0.2) is 35.1 Å². The van der Waals surface area contributed by atoms with Gasteiger partial charge in [0.2, 0.25) is 4.96 Å². The topological polar surface area (TPSA) is 59.7 Å². The van der Waals surface area contributed by atoms with E-state index in [0.717, 1.165) is 10.7 Å². The van der Waals surface area contributed by atoms with Crippen LogP contribution in [-0.2, 0) is 11.3 Å². The van der Waals surface area contributed by atoms with Crippen molar-refractivity contribution in [2.45, 2.75) is 20.4 Å². The summed E-state index contributed by atoms with van der Waals surface area (Å²) in [5.74, 6) is 0. The molecule has 132 valence electrons. The number of aryl methyl sites for hydroxylation is 1. The van der Waals surface area contributed by atoms with Crippen LogP contribution in [0, 0.1) is 6.92 Å². The average molecular weight is 379 g/mol. The lowest BCUT2D eigenvalue weighted by Crippen LogP contribution is -2.28. The second kappa shape index (κ2) is 7.95. The number of hydrogen-bond acceptors (Lipinski definition) is 6. The number of fused-ring (bicyclic) bond motifs is 1. The Labute approximate surface area is 154 Å². The predicted octanol–water partition coefficient (Wildman–Crippen LogP) is 3.16. The van der Waals surface area contributed by atoms with Gasteiger partial charge in [-0.3, -0.25) is 4.79 Å². The highest BCUT2D eigenvalue weighted by Crippen LogP contribution is 2.20. The van der Waals surface area contributed by atoms with Gasteiger partial charge >= 0.3 is 0 Å². The standard InChI is InChI=1S/C17H19ClN4O2S/c1-3-24-9-8-21(15-6-4-13(18)5-7-15)11-14-10-16(23)22-17(19-14)25-12(2)20-22/h4-7,10H,3,8-9,11H2,1-2H3. The first-order chi connectivity index (χ1) is 12.1. The van der Waals surface area contributed by atoms with Crippen molar-refractivity contribution in [3.05, 3.63) is 56.4 Å². The number of nitrogens with zero attached hydrogens (tertiary/aromatic N) is 4. The van der Waals surface area contributed by atoms with Crippen molar-refractivity contribution in [3.63, 3.8) is 0 Å². The average Bonchev–Trinajstić information content (AvgIpc) is 2.96. The van der Waals surface area contributed by atoms with Crippen molar-refractivity contribution < 1.29 is 4.74 Å². The van der Waals surface area contributed by atoms with Gasteiger partial charge in [0.05, 0.1) is 18.8 Å². The van der Waals surface area contributed by atoms with Crippen LogP contribution in [0.4, 0.5) is 5.69 Å². The van der Waals surface area contributed by atoms with Crippen molar-refractivity contribution in [1.29, 1.82) is 0 Å². The first kappa shape index (κ1) is 17.8. The summed E-state index contributed by atoms with van der Waals surface area (Å²) < 4.78 is 6.83. The second-order valence-corrected chi connectivity index (χ2v) is 7.09. The van der Waals surface area contributed by atoms with Crippen LogP contribution in [0.2, 0.25) is 5.02 Å².